The van der Waals surface area contributed by atoms with Gasteiger partial charge in [0.05, 0.1) is 12.3 Å². The van der Waals surface area contributed by atoms with Crippen molar-refractivity contribution in [3.8, 4) is 0 Å². The quantitative estimate of drug-likeness (QED) is 0.669. The number of hydrogen-bond acceptors (Lipinski definition) is 4. The highest BCUT2D eigenvalue weighted by atomic mass is 32.2. The van der Waals surface area contributed by atoms with Gasteiger partial charge in [-0.3, -0.25) is 9.59 Å². The normalized spacial score (nSPS) is 11.9. The van der Waals surface area contributed by atoms with Crippen LogP contribution in [0.1, 0.15) is 13.8 Å². The van der Waals surface area contributed by atoms with Gasteiger partial charge in [-0.25, -0.2) is 0 Å². The molecule has 0 saturated heterocycles. The van der Waals surface area contributed by atoms with E-state index in [0.29, 0.717) is 23.7 Å². The molecule has 0 rings (SSSR count). The largest absolute Gasteiger partial charge is 0.401 e. The van der Waals surface area contributed by atoms with Crippen LogP contribution in [0.4, 0.5) is 0 Å². The maximum absolute atomic E-state index is 11.4. The number of amides is 1. The molecule has 0 heterocycles. The summed E-state index contributed by atoms with van der Waals surface area (Å²) in [4.78, 5) is 22.1. The van der Waals surface area contributed by atoms with Crippen LogP contribution in [0.5, 0.6) is 0 Å². The summed E-state index contributed by atoms with van der Waals surface area (Å²) in [7, 11) is 0. The molecule has 86 valence electrons. The van der Waals surface area contributed by atoms with Gasteiger partial charge >= 0.3 is 0 Å². The van der Waals surface area contributed by atoms with E-state index < -0.39 is 0 Å². The fourth-order valence-electron chi connectivity index (χ4n) is 0.830. The third-order valence-corrected chi connectivity index (χ3v) is 2.96. The molecule has 0 aliphatic carbocycles. The Bertz CT molecular complexity index is 254. The molecule has 0 saturated carbocycles. The molecule has 0 aliphatic rings. The summed E-state index contributed by atoms with van der Waals surface area (Å²) in [5, 5.41) is 2.66. The molecule has 0 aromatic carbocycles. The van der Waals surface area contributed by atoms with Crippen molar-refractivity contribution in [2.24, 2.45) is 11.7 Å². The molecule has 3 N–H and O–H groups in total. The van der Waals surface area contributed by atoms with Gasteiger partial charge < -0.3 is 11.1 Å². The van der Waals surface area contributed by atoms with Crippen LogP contribution in [0.15, 0.2) is 12.3 Å². The van der Waals surface area contributed by atoms with Gasteiger partial charge in [-0.2, -0.15) is 11.8 Å². The van der Waals surface area contributed by atoms with Crippen LogP contribution in [0.25, 0.3) is 0 Å². The highest BCUT2D eigenvalue weighted by Gasteiger charge is 2.12. The van der Waals surface area contributed by atoms with E-state index in [4.69, 9.17) is 5.73 Å². The second-order valence-corrected chi connectivity index (χ2v) is 4.52. The van der Waals surface area contributed by atoms with Crippen molar-refractivity contribution >= 4 is 23.5 Å². The van der Waals surface area contributed by atoms with E-state index in [1.807, 2.05) is 6.92 Å². The molecule has 4 nitrogen and oxygen atoms in total. The van der Waals surface area contributed by atoms with Gasteiger partial charge in [0, 0.05) is 17.4 Å². The predicted octanol–water partition coefficient (Wildman–Crippen LogP) is 0.533. The molecule has 0 fully saturated rings. The minimum atomic E-state index is -0.117. The van der Waals surface area contributed by atoms with Crippen molar-refractivity contribution < 1.29 is 9.59 Å². The van der Waals surface area contributed by atoms with Crippen LogP contribution in [-0.4, -0.2) is 29.7 Å². The Kier molecular flexibility index (Phi) is 6.86. The Morgan fingerprint density at radius 1 is 1.53 bits per heavy atom. The third-order valence-electron chi connectivity index (χ3n) is 1.61. The lowest BCUT2D eigenvalue weighted by molar-refractivity contribution is -0.123. The zero-order valence-corrected chi connectivity index (χ0v) is 10.0. The number of nitrogens with one attached hydrogen (secondary N) is 1. The highest BCUT2D eigenvalue weighted by molar-refractivity contribution is 7.99. The fraction of sp³-hybridized carbons (Fsp3) is 0.600. The van der Waals surface area contributed by atoms with E-state index in [1.54, 1.807) is 0 Å². The Hall–Kier alpha value is -0.970. The molecule has 0 aromatic rings. The van der Waals surface area contributed by atoms with E-state index in [2.05, 4.69) is 11.9 Å². The molecule has 0 aliphatic heterocycles. The van der Waals surface area contributed by atoms with E-state index in [-0.39, 0.29) is 17.6 Å². The Balaban J connectivity index is 3.69. The van der Waals surface area contributed by atoms with Crippen molar-refractivity contribution in [3.05, 3.63) is 12.3 Å². The van der Waals surface area contributed by atoms with Gasteiger partial charge in [-0.1, -0.05) is 13.5 Å². The number of thioether (sulfide) groups is 1. The second-order valence-electron chi connectivity index (χ2n) is 3.49. The molecular formula is C10H18N2O2S. The van der Waals surface area contributed by atoms with Gasteiger partial charge in [0.25, 0.3) is 0 Å². The standard InChI is InChI=1S/C10H18N2O2S/c1-7(5-15-6-9(3)13)10(14)12-4-8(2)11/h7H,2,4-6,11H2,1,3H3,(H,12,14)/t7-/m0/s1. The molecule has 15 heavy (non-hydrogen) atoms. The molecule has 0 bridgehead atoms. The summed E-state index contributed by atoms with van der Waals surface area (Å²) in [5.74, 6) is 1.05. The van der Waals surface area contributed by atoms with Crippen LogP contribution in [-0.2, 0) is 9.59 Å². The molecule has 1 atom stereocenters. The lowest BCUT2D eigenvalue weighted by Gasteiger charge is -2.11. The Labute approximate surface area is 94.7 Å². The van der Waals surface area contributed by atoms with Crippen LogP contribution in [0.3, 0.4) is 0 Å². The Morgan fingerprint density at radius 2 is 2.13 bits per heavy atom. The second kappa shape index (κ2) is 7.34. The van der Waals surface area contributed by atoms with Crippen molar-refractivity contribution in [1.82, 2.24) is 5.32 Å². The van der Waals surface area contributed by atoms with E-state index in [1.165, 1.54) is 18.7 Å². The number of hydrogen-bond donors (Lipinski definition) is 2. The van der Waals surface area contributed by atoms with Gasteiger partial charge in [-0.05, 0) is 6.92 Å². The van der Waals surface area contributed by atoms with Crippen molar-refractivity contribution in [2.45, 2.75) is 13.8 Å². The molecule has 0 unspecified atom stereocenters. The predicted molar refractivity (Wildman–Crippen MR) is 63.5 cm³/mol. The van der Waals surface area contributed by atoms with Gasteiger partial charge in [0.2, 0.25) is 5.91 Å². The molecular weight excluding hydrogens is 212 g/mol. The molecule has 1 amide bonds. The van der Waals surface area contributed by atoms with E-state index in [9.17, 15) is 9.59 Å². The summed E-state index contributed by atoms with van der Waals surface area (Å²) in [6.45, 7) is 7.15. The summed E-state index contributed by atoms with van der Waals surface area (Å²) in [5.41, 5.74) is 5.76. The smallest absolute Gasteiger partial charge is 0.223 e. The molecule has 0 aromatic heterocycles. The highest BCUT2D eigenvalue weighted by Crippen LogP contribution is 2.08. The van der Waals surface area contributed by atoms with Crippen LogP contribution < -0.4 is 11.1 Å². The van der Waals surface area contributed by atoms with Crippen molar-refractivity contribution in [3.63, 3.8) is 0 Å². The zero-order chi connectivity index (χ0) is 11.8. The minimum Gasteiger partial charge on any atom is -0.401 e. The lowest BCUT2D eigenvalue weighted by Crippen LogP contribution is -2.33. The summed E-state index contributed by atoms with van der Waals surface area (Å²) in [6.07, 6.45) is 0. The van der Waals surface area contributed by atoms with Gasteiger partial charge in [0.15, 0.2) is 0 Å². The van der Waals surface area contributed by atoms with E-state index in [0.717, 1.165) is 0 Å². The number of rotatable bonds is 7. The summed E-state index contributed by atoms with van der Waals surface area (Å²) < 4.78 is 0. The van der Waals surface area contributed by atoms with Crippen LogP contribution in [0.2, 0.25) is 0 Å². The number of nitrogens with two attached hydrogens (primary N) is 1. The topological polar surface area (TPSA) is 72.2 Å². The van der Waals surface area contributed by atoms with Gasteiger partial charge in [-0.15, -0.1) is 0 Å². The first-order valence-electron chi connectivity index (χ1n) is 4.71. The molecule has 0 radical (unpaired) electrons. The monoisotopic (exact) mass is 230 g/mol. The number of carbonyl (C=O) groups is 2. The SMILES string of the molecule is C=C(N)CNC(=O)[C@@H](C)CSCC(C)=O. The molecule has 0 spiro atoms. The fourth-order valence-corrected chi connectivity index (χ4v) is 1.74. The number of carbonyl (C=O) groups excluding carboxylic acids is 2. The summed E-state index contributed by atoms with van der Waals surface area (Å²) in [6, 6.07) is 0. The first-order chi connectivity index (χ1) is 6.93. The first kappa shape index (κ1) is 14.0. The maximum Gasteiger partial charge on any atom is 0.223 e. The van der Waals surface area contributed by atoms with Crippen molar-refractivity contribution in [1.29, 1.82) is 0 Å². The third kappa shape index (κ3) is 8.05. The first-order valence-corrected chi connectivity index (χ1v) is 5.87. The number of Topliss-reactive ketones (excluding diaryl/α,β-unsaturated/α-hetero) is 1. The van der Waals surface area contributed by atoms with Crippen LogP contribution in [0, 0.1) is 5.92 Å². The minimum absolute atomic E-state index is 0.0577. The maximum atomic E-state index is 11.4. The average Bonchev–Trinajstić information content (AvgIpc) is 2.13. The van der Waals surface area contributed by atoms with Gasteiger partial charge in [0.1, 0.15) is 5.78 Å². The Morgan fingerprint density at radius 3 is 2.60 bits per heavy atom. The average molecular weight is 230 g/mol. The lowest BCUT2D eigenvalue weighted by atomic mass is 10.2. The van der Waals surface area contributed by atoms with Crippen molar-refractivity contribution in [2.75, 3.05) is 18.1 Å². The van der Waals surface area contributed by atoms with Crippen LogP contribution >= 0.6 is 11.8 Å². The van der Waals surface area contributed by atoms with E-state index >= 15 is 0 Å². The zero-order valence-electron chi connectivity index (χ0n) is 9.21. The number of ketones is 1. The summed E-state index contributed by atoms with van der Waals surface area (Å²) >= 11 is 1.47. The molecule has 5 heteroatoms.